The van der Waals surface area contributed by atoms with Crippen LogP contribution in [0.1, 0.15) is 22.6 Å². The van der Waals surface area contributed by atoms with Crippen molar-refractivity contribution in [1.29, 1.82) is 0 Å². The Morgan fingerprint density at radius 3 is 2.72 bits per heavy atom. The molecule has 2 heterocycles. The molecule has 1 atom stereocenters. The van der Waals surface area contributed by atoms with Crippen LogP contribution in [0.5, 0.6) is 0 Å². The SMILES string of the molecule is O=C(NCCN1CCc2ccccc21)C(Cc1cccnc1)c1ccc(F)cc1. The van der Waals surface area contributed by atoms with Crippen molar-refractivity contribution in [3.8, 4) is 0 Å². The van der Waals surface area contributed by atoms with E-state index in [-0.39, 0.29) is 17.6 Å². The van der Waals surface area contributed by atoms with E-state index in [4.69, 9.17) is 0 Å². The van der Waals surface area contributed by atoms with Crippen molar-refractivity contribution < 1.29 is 9.18 Å². The molecule has 1 N–H and O–H groups in total. The first-order valence-corrected chi connectivity index (χ1v) is 9.95. The molecule has 0 bridgehead atoms. The van der Waals surface area contributed by atoms with E-state index in [2.05, 4.69) is 33.4 Å². The largest absolute Gasteiger partial charge is 0.369 e. The summed E-state index contributed by atoms with van der Waals surface area (Å²) >= 11 is 0. The smallest absolute Gasteiger partial charge is 0.227 e. The summed E-state index contributed by atoms with van der Waals surface area (Å²) in [4.78, 5) is 19.5. The summed E-state index contributed by atoms with van der Waals surface area (Å²) in [5, 5.41) is 3.08. The fourth-order valence-electron chi connectivity index (χ4n) is 3.89. The third-order valence-electron chi connectivity index (χ3n) is 5.42. The lowest BCUT2D eigenvalue weighted by Crippen LogP contribution is -2.37. The molecule has 4 nitrogen and oxygen atoms in total. The van der Waals surface area contributed by atoms with E-state index in [0.717, 1.165) is 30.6 Å². The number of fused-ring (bicyclic) bond motifs is 1. The van der Waals surface area contributed by atoms with Gasteiger partial charge in [-0.2, -0.15) is 0 Å². The Labute approximate surface area is 170 Å². The molecule has 3 aromatic rings. The van der Waals surface area contributed by atoms with Crippen LogP contribution in [0.15, 0.2) is 73.1 Å². The minimum atomic E-state index is -0.384. The first kappa shape index (κ1) is 19.1. The second-order valence-corrected chi connectivity index (χ2v) is 7.33. The first-order chi connectivity index (χ1) is 14.2. The second kappa shape index (κ2) is 8.86. The molecule has 4 rings (SSSR count). The topological polar surface area (TPSA) is 45.2 Å². The Morgan fingerprint density at radius 1 is 1.10 bits per heavy atom. The molecule has 1 aliphatic rings. The van der Waals surface area contributed by atoms with Crippen molar-refractivity contribution in [3.05, 3.63) is 95.6 Å². The number of anilines is 1. The average Bonchev–Trinajstić information content (AvgIpc) is 3.17. The molecule has 148 valence electrons. The van der Waals surface area contributed by atoms with Crippen molar-refractivity contribution in [2.24, 2.45) is 0 Å². The monoisotopic (exact) mass is 389 g/mol. The maximum absolute atomic E-state index is 13.4. The van der Waals surface area contributed by atoms with Crippen molar-refractivity contribution in [3.63, 3.8) is 0 Å². The van der Waals surface area contributed by atoms with Crippen LogP contribution in [-0.4, -0.2) is 30.5 Å². The minimum absolute atomic E-state index is 0.0482. The van der Waals surface area contributed by atoms with E-state index in [1.165, 1.54) is 23.4 Å². The van der Waals surface area contributed by atoms with Crippen molar-refractivity contribution in [2.45, 2.75) is 18.8 Å². The van der Waals surface area contributed by atoms with Gasteiger partial charge >= 0.3 is 0 Å². The van der Waals surface area contributed by atoms with Crippen LogP contribution < -0.4 is 10.2 Å². The summed E-state index contributed by atoms with van der Waals surface area (Å²) in [5.74, 6) is -0.736. The molecule has 1 aliphatic heterocycles. The Bertz CT molecular complexity index is 959. The summed E-state index contributed by atoms with van der Waals surface area (Å²) in [7, 11) is 0. The van der Waals surface area contributed by atoms with Crippen LogP contribution in [-0.2, 0) is 17.6 Å². The van der Waals surface area contributed by atoms with E-state index in [1.807, 2.05) is 18.2 Å². The number of rotatable bonds is 7. The van der Waals surface area contributed by atoms with Crippen LogP contribution in [0.2, 0.25) is 0 Å². The number of carbonyl (C=O) groups excluding carboxylic acids is 1. The number of nitrogens with zero attached hydrogens (tertiary/aromatic N) is 2. The zero-order valence-electron chi connectivity index (χ0n) is 16.2. The highest BCUT2D eigenvalue weighted by molar-refractivity contribution is 5.84. The third-order valence-corrected chi connectivity index (χ3v) is 5.42. The van der Waals surface area contributed by atoms with E-state index in [1.54, 1.807) is 24.5 Å². The molecule has 1 unspecified atom stereocenters. The molecule has 0 fully saturated rings. The molecule has 29 heavy (non-hydrogen) atoms. The molecule has 1 amide bonds. The maximum Gasteiger partial charge on any atom is 0.227 e. The predicted molar refractivity (Wildman–Crippen MR) is 112 cm³/mol. The Hall–Kier alpha value is -3.21. The second-order valence-electron chi connectivity index (χ2n) is 7.33. The summed E-state index contributed by atoms with van der Waals surface area (Å²) in [6.45, 7) is 2.32. The molecule has 0 radical (unpaired) electrons. The number of pyridine rings is 1. The van der Waals surface area contributed by atoms with E-state index < -0.39 is 0 Å². The number of hydrogen-bond acceptors (Lipinski definition) is 3. The zero-order valence-corrected chi connectivity index (χ0v) is 16.2. The maximum atomic E-state index is 13.4. The summed E-state index contributed by atoms with van der Waals surface area (Å²) < 4.78 is 13.4. The fraction of sp³-hybridized carbons (Fsp3) is 0.250. The molecule has 0 spiro atoms. The number of carbonyl (C=O) groups is 1. The highest BCUT2D eigenvalue weighted by Crippen LogP contribution is 2.27. The number of hydrogen-bond donors (Lipinski definition) is 1. The van der Waals surface area contributed by atoms with E-state index in [0.29, 0.717) is 13.0 Å². The van der Waals surface area contributed by atoms with Gasteiger partial charge in [0.25, 0.3) is 0 Å². The molecule has 0 aliphatic carbocycles. The number of nitrogens with one attached hydrogen (secondary N) is 1. The van der Waals surface area contributed by atoms with Gasteiger partial charge in [0.15, 0.2) is 0 Å². The summed E-state index contributed by atoms with van der Waals surface area (Å²) in [6, 6.07) is 18.4. The standard InChI is InChI=1S/C24H24FN3O/c25-21-9-7-19(8-10-21)22(16-18-4-3-12-26-17-18)24(29)27-13-15-28-14-11-20-5-1-2-6-23(20)28/h1-10,12,17,22H,11,13-16H2,(H,27,29). The van der Waals surface area contributed by atoms with E-state index in [9.17, 15) is 9.18 Å². The Morgan fingerprint density at radius 2 is 1.93 bits per heavy atom. The minimum Gasteiger partial charge on any atom is -0.369 e. The highest BCUT2D eigenvalue weighted by atomic mass is 19.1. The lowest BCUT2D eigenvalue weighted by molar-refractivity contribution is -0.122. The van der Waals surface area contributed by atoms with Gasteiger partial charge in [0.2, 0.25) is 5.91 Å². The van der Waals surface area contributed by atoms with Crippen molar-refractivity contribution in [2.75, 3.05) is 24.5 Å². The van der Waals surface area contributed by atoms with Gasteiger partial charge in [-0.1, -0.05) is 36.4 Å². The van der Waals surface area contributed by atoms with Crippen LogP contribution in [0.3, 0.4) is 0 Å². The van der Waals surface area contributed by atoms with Gasteiger partial charge in [0, 0.05) is 37.7 Å². The number of halogens is 1. The number of benzene rings is 2. The van der Waals surface area contributed by atoms with Crippen molar-refractivity contribution >= 4 is 11.6 Å². The summed E-state index contributed by atoms with van der Waals surface area (Å²) in [6.07, 6.45) is 5.05. The van der Waals surface area contributed by atoms with Gasteiger partial charge in [-0.05, 0) is 53.8 Å². The van der Waals surface area contributed by atoms with Crippen LogP contribution >= 0.6 is 0 Å². The number of para-hydroxylation sites is 1. The van der Waals surface area contributed by atoms with Gasteiger partial charge in [-0.15, -0.1) is 0 Å². The molecule has 5 heteroatoms. The molecular weight excluding hydrogens is 365 g/mol. The quantitative estimate of drug-likeness (QED) is 0.670. The van der Waals surface area contributed by atoms with Crippen molar-refractivity contribution in [1.82, 2.24) is 10.3 Å². The molecule has 0 saturated heterocycles. The molecule has 0 saturated carbocycles. The Kier molecular flexibility index (Phi) is 5.84. The Balaban J connectivity index is 1.42. The first-order valence-electron chi connectivity index (χ1n) is 9.95. The van der Waals surface area contributed by atoms with E-state index >= 15 is 0 Å². The van der Waals surface area contributed by atoms with Gasteiger partial charge in [0.1, 0.15) is 5.82 Å². The van der Waals surface area contributed by atoms with Gasteiger partial charge in [-0.3, -0.25) is 9.78 Å². The lowest BCUT2D eigenvalue weighted by Gasteiger charge is -2.21. The van der Waals surface area contributed by atoms with Gasteiger partial charge in [-0.25, -0.2) is 4.39 Å². The number of amides is 1. The van der Waals surface area contributed by atoms with Crippen LogP contribution in [0, 0.1) is 5.82 Å². The fourth-order valence-corrected chi connectivity index (χ4v) is 3.89. The lowest BCUT2D eigenvalue weighted by atomic mass is 9.91. The molecular formula is C24H24FN3O. The third kappa shape index (κ3) is 4.62. The molecule has 2 aromatic carbocycles. The zero-order chi connectivity index (χ0) is 20.1. The summed E-state index contributed by atoms with van der Waals surface area (Å²) in [5.41, 5.74) is 4.40. The average molecular weight is 389 g/mol. The highest BCUT2D eigenvalue weighted by Gasteiger charge is 2.22. The molecule has 1 aromatic heterocycles. The van der Waals surface area contributed by atoms with Gasteiger partial charge < -0.3 is 10.2 Å². The van der Waals surface area contributed by atoms with Crippen LogP contribution in [0.4, 0.5) is 10.1 Å². The van der Waals surface area contributed by atoms with Crippen LogP contribution in [0.25, 0.3) is 0 Å². The normalized spacial score (nSPS) is 13.8. The predicted octanol–water partition coefficient (Wildman–Crippen LogP) is 3.73. The van der Waals surface area contributed by atoms with Gasteiger partial charge in [0.05, 0.1) is 5.92 Å². The number of aromatic nitrogens is 1.